The summed E-state index contributed by atoms with van der Waals surface area (Å²) in [5, 5.41) is 2.05. The molecule has 398 valence electrons. The zero-order valence-electron chi connectivity index (χ0n) is 46.5. The smallest absolute Gasteiger partial charge is 0.123 e. The molecule has 2 heterocycles. The Labute approximate surface area is 478 Å². The molecule has 0 unspecified atom stereocenters. The van der Waals surface area contributed by atoms with Crippen molar-refractivity contribution in [2.24, 2.45) is 0 Å². The van der Waals surface area contributed by atoms with Crippen molar-refractivity contribution in [3.05, 3.63) is 288 Å². The van der Waals surface area contributed by atoms with Gasteiger partial charge >= 0.3 is 0 Å². The number of hydrogen-bond donors (Lipinski definition) is 0. The minimum absolute atomic E-state index is 0.0672. The van der Waals surface area contributed by atoms with E-state index >= 15 is 0 Å². The largest absolute Gasteiger partial charge is 0.310 e. The Balaban J connectivity index is 0.850. The number of allylic oxidation sites excluding steroid dienone is 8. The number of benzene rings is 9. The van der Waals surface area contributed by atoms with Crippen LogP contribution in [-0.4, -0.2) is 9.13 Å². The molecule has 4 nitrogen and oxygen atoms in total. The molecule has 0 saturated carbocycles. The first-order valence-electron chi connectivity index (χ1n) is 28.7. The lowest BCUT2D eigenvalue weighted by Crippen LogP contribution is -2.18. The molecule has 9 aromatic carbocycles. The van der Waals surface area contributed by atoms with Crippen molar-refractivity contribution in [1.82, 2.24) is 9.13 Å². The molecule has 82 heavy (non-hydrogen) atoms. The molecule has 0 aliphatic heterocycles. The van der Waals surface area contributed by atoms with E-state index in [0.29, 0.717) is 0 Å². The molecule has 11 aromatic rings. The fourth-order valence-corrected chi connectivity index (χ4v) is 14.0. The topological polar surface area (TPSA) is 16.3 Å². The van der Waals surface area contributed by atoms with Crippen LogP contribution in [-0.2, 0) is 10.8 Å². The Morgan fingerprint density at radius 2 is 0.744 bits per heavy atom. The molecule has 0 fully saturated rings. The number of aromatic nitrogens is 2. The Bertz CT molecular complexity index is 4180. The molecule has 0 saturated heterocycles. The summed E-state index contributed by atoms with van der Waals surface area (Å²) < 4.78 is 34.0. The fraction of sp³-hybridized carbons (Fsp3) is 0.132. The number of para-hydroxylation sites is 2. The van der Waals surface area contributed by atoms with Gasteiger partial charge in [0.15, 0.2) is 0 Å². The minimum atomic E-state index is -0.283. The summed E-state index contributed by atoms with van der Waals surface area (Å²) in [6.45, 7) is 9.50. The molecule has 15 rings (SSSR count). The second-order valence-corrected chi connectivity index (χ2v) is 23.5. The summed E-state index contributed by atoms with van der Waals surface area (Å²) in [7, 11) is 0. The number of anilines is 6. The fourth-order valence-electron chi connectivity index (χ4n) is 14.0. The quantitative estimate of drug-likeness (QED) is 0.136. The van der Waals surface area contributed by atoms with Gasteiger partial charge in [0.25, 0.3) is 0 Å². The number of rotatable bonds is 10. The maximum Gasteiger partial charge on any atom is 0.123 e. The SMILES string of the molecule is CC1(C)C2=C(C=CCC2)c2ccc(N(c3ccccc3)c3ccc(-n4c(-c5ccc(F)cc5)cc5cc6c(cc(-c7ccc(F)cc7)n6-c6ccc(N(c7ccccc7)c7ccc8c(c7)C(C)(C)C7=C8C=CCC7)cc6)cc54)cc3)cc21. The van der Waals surface area contributed by atoms with Gasteiger partial charge in [-0.05, 0) is 240 Å². The Morgan fingerprint density at radius 1 is 0.378 bits per heavy atom. The van der Waals surface area contributed by atoms with Crippen LogP contribution in [0, 0.1) is 11.6 Å². The van der Waals surface area contributed by atoms with Crippen molar-refractivity contribution in [3.63, 3.8) is 0 Å². The van der Waals surface area contributed by atoms with Gasteiger partial charge in [-0.15, -0.1) is 0 Å². The van der Waals surface area contributed by atoms with Gasteiger partial charge in [-0.3, -0.25) is 0 Å². The average molecular weight is 1070 g/mol. The lowest BCUT2D eigenvalue weighted by atomic mass is 9.78. The van der Waals surface area contributed by atoms with Crippen LogP contribution in [0.15, 0.2) is 254 Å². The molecule has 0 bridgehead atoms. The Morgan fingerprint density at radius 3 is 1.13 bits per heavy atom. The van der Waals surface area contributed by atoms with Crippen LogP contribution in [0.25, 0.3) is 66.8 Å². The van der Waals surface area contributed by atoms with Gasteiger partial charge in [-0.1, -0.05) is 112 Å². The first-order valence-corrected chi connectivity index (χ1v) is 28.7. The van der Waals surface area contributed by atoms with Crippen LogP contribution < -0.4 is 9.80 Å². The van der Waals surface area contributed by atoms with Crippen LogP contribution in [0.1, 0.15) is 75.6 Å². The maximum atomic E-state index is 14.7. The number of halogens is 2. The summed E-state index contributed by atoms with van der Waals surface area (Å²) in [4.78, 5) is 4.71. The molecule has 4 aliphatic carbocycles. The first-order chi connectivity index (χ1) is 40.0. The predicted octanol–water partition coefficient (Wildman–Crippen LogP) is 20.9. The van der Waals surface area contributed by atoms with Gasteiger partial charge in [0.05, 0.1) is 22.4 Å². The second kappa shape index (κ2) is 19.1. The standard InChI is InChI=1S/C76H60F2N4/c1-75(2)67-21-13-11-19-63(67)65-41-39-61(47-69(65)75)79(55-15-7-5-8-16-55)57-31-35-59(36-32-57)81-71(49-23-27-53(77)28-24-49)43-51-46-74-52(45-73(51)81)44-72(50-25-29-54(78)30-26-50)82(74)60-37-33-58(34-38-60)80(56-17-9-6-10-18-56)62-40-42-66-64-20-12-14-22-68(64)76(3,4)70(66)48-62/h5-12,15-20,23-48H,13-14,21-22H2,1-4H3. The third-order valence-corrected chi connectivity index (χ3v) is 18.1. The third kappa shape index (κ3) is 7.98. The van der Waals surface area contributed by atoms with Crippen molar-refractivity contribution in [3.8, 4) is 33.9 Å². The molecule has 0 N–H and O–H groups in total. The highest BCUT2D eigenvalue weighted by atomic mass is 19.1. The van der Waals surface area contributed by atoms with Gasteiger partial charge < -0.3 is 18.9 Å². The Hall–Kier alpha value is -9.52. The number of hydrogen-bond acceptors (Lipinski definition) is 2. The predicted molar refractivity (Wildman–Crippen MR) is 337 cm³/mol. The van der Waals surface area contributed by atoms with Gasteiger partial charge in [-0.2, -0.15) is 0 Å². The summed E-state index contributed by atoms with van der Waals surface area (Å²) in [5.41, 5.74) is 25.2. The van der Waals surface area contributed by atoms with Crippen molar-refractivity contribution in [2.75, 3.05) is 9.80 Å². The van der Waals surface area contributed by atoms with Crippen LogP contribution >= 0.6 is 0 Å². The average Bonchev–Trinajstić information content (AvgIpc) is 4.39. The normalized spacial score (nSPS) is 15.5. The highest BCUT2D eigenvalue weighted by Crippen LogP contribution is 2.54. The molecule has 2 aromatic heterocycles. The van der Waals surface area contributed by atoms with E-state index in [1.54, 1.807) is 0 Å². The molecule has 4 aliphatic rings. The van der Waals surface area contributed by atoms with E-state index in [0.717, 1.165) is 116 Å². The van der Waals surface area contributed by atoms with Crippen LogP contribution in [0.5, 0.6) is 0 Å². The lowest BCUT2D eigenvalue weighted by Gasteiger charge is -2.29. The molecule has 0 amide bonds. The van der Waals surface area contributed by atoms with E-state index in [4.69, 9.17) is 0 Å². The second-order valence-electron chi connectivity index (χ2n) is 23.5. The van der Waals surface area contributed by atoms with Crippen molar-refractivity contribution < 1.29 is 8.78 Å². The summed E-state index contributed by atoms with van der Waals surface area (Å²) in [6, 6.07) is 75.4. The maximum absolute atomic E-state index is 14.7. The zero-order valence-corrected chi connectivity index (χ0v) is 46.5. The minimum Gasteiger partial charge on any atom is -0.310 e. The van der Waals surface area contributed by atoms with Gasteiger partial charge in [-0.25, -0.2) is 8.78 Å². The van der Waals surface area contributed by atoms with Crippen LogP contribution in [0.2, 0.25) is 0 Å². The summed E-state index contributed by atoms with van der Waals surface area (Å²) in [5.74, 6) is -0.565. The molecular formula is C76H60F2N4. The highest BCUT2D eigenvalue weighted by molar-refractivity contribution is 6.03. The molecule has 0 radical (unpaired) electrons. The van der Waals surface area contributed by atoms with E-state index in [1.807, 2.05) is 24.3 Å². The van der Waals surface area contributed by atoms with Crippen molar-refractivity contribution in [2.45, 2.75) is 64.2 Å². The number of fused-ring (bicyclic) bond motifs is 6. The van der Waals surface area contributed by atoms with Gasteiger partial charge in [0, 0.05) is 67.1 Å². The summed E-state index contributed by atoms with van der Waals surface area (Å²) >= 11 is 0. The summed E-state index contributed by atoms with van der Waals surface area (Å²) in [6.07, 6.45) is 13.6. The molecule has 0 atom stereocenters. The van der Waals surface area contributed by atoms with Gasteiger partial charge in [0.2, 0.25) is 0 Å². The first kappa shape index (κ1) is 49.5. The lowest BCUT2D eigenvalue weighted by molar-refractivity contribution is 0.607. The van der Waals surface area contributed by atoms with Crippen molar-refractivity contribution in [1.29, 1.82) is 0 Å². The van der Waals surface area contributed by atoms with E-state index < -0.39 is 0 Å². The molecule has 0 spiro atoms. The number of nitrogens with zero attached hydrogens (tertiary/aromatic N) is 4. The molecular weight excluding hydrogens is 1010 g/mol. The van der Waals surface area contributed by atoms with Crippen LogP contribution in [0.4, 0.5) is 42.9 Å². The van der Waals surface area contributed by atoms with E-state index in [-0.39, 0.29) is 22.5 Å². The third-order valence-electron chi connectivity index (χ3n) is 18.1. The molecule has 6 heteroatoms. The zero-order chi connectivity index (χ0) is 55.4. The van der Waals surface area contributed by atoms with Crippen LogP contribution in [0.3, 0.4) is 0 Å². The van der Waals surface area contributed by atoms with E-state index in [1.165, 1.54) is 68.8 Å². The van der Waals surface area contributed by atoms with E-state index in [9.17, 15) is 8.78 Å². The highest BCUT2D eigenvalue weighted by Gasteiger charge is 2.39. The van der Waals surface area contributed by atoms with Crippen molar-refractivity contribution >= 4 is 67.1 Å². The monoisotopic (exact) mass is 1070 g/mol. The van der Waals surface area contributed by atoms with E-state index in [2.05, 4.69) is 241 Å². The Kier molecular flexibility index (Phi) is 11.5. The van der Waals surface area contributed by atoms with Gasteiger partial charge in [0.1, 0.15) is 11.6 Å².